The number of hydrogen-bond acceptors (Lipinski definition) is 3. The van der Waals surface area contributed by atoms with E-state index >= 15 is 0 Å². The number of rotatable bonds is 6. The number of halogens is 4. The SMILES string of the molecule is Oc1ccc(OCc2cccc(OCc3cccc(C(F)(F)F)c3)c2)cc1Cl. The van der Waals surface area contributed by atoms with E-state index in [9.17, 15) is 18.3 Å². The minimum absolute atomic E-state index is 0.0157. The zero-order chi connectivity index (χ0) is 20.1. The van der Waals surface area contributed by atoms with Crippen molar-refractivity contribution in [1.29, 1.82) is 0 Å². The molecule has 0 heterocycles. The van der Waals surface area contributed by atoms with E-state index in [-0.39, 0.29) is 24.0 Å². The van der Waals surface area contributed by atoms with Crippen LogP contribution in [0, 0.1) is 0 Å². The van der Waals surface area contributed by atoms with Gasteiger partial charge in [-0.1, -0.05) is 35.9 Å². The Labute approximate surface area is 164 Å². The van der Waals surface area contributed by atoms with Crippen LogP contribution in [0.3, 0.4) is 0 Å². The minimum Gasteiger partial charge on any atom is -0.506 e. The van der Waals surface area contributed by atoms with Gasteiger partial charge in [-0.25, -0.2) is 0 Å². The number of aromatic hydroxyl groups is 1. The van der Waals surface area contributed by atoms with Gasteiger partial charge in [-0.2, -0.15) is 13.2 Å². The lowest BCUT2D eigenvalue weighted by Gasteiger charge is -2.11. The topological polar surface area (TPSA) is 38.7 Å². The van der Waals surface area contributed by atoms with Crippen LogP contribution in [0.25, 0.3) is 0 Å². The van der Waals surface area contributed by atoms with Crippen LogP contribution >= 0.6 is 11.6 Å². The molecule has 0 saturated heterocycles. The molecule has 0 bridgehead atoms. The first-order valence-electron chi connectivity index (χ1n) is 8.30. The lowest BCUT2D eigenvalue weighted by atomic mass is 10.1. The molecular formula is C21H16ClF3O3. The van der Waals surface area contributed by atoms with Crippen molar-refractivity contribution < 1.29 is 27.8 Å². The van der Waals surface area contributed by atoms with E-state index in [0.29, 0.717) is 17.1 Å². The normalized spacial score (nSPS) is 11.3. The molecule has 0 spiro atoms. The molecule has 0 aliphatic heterocycles. The summed E-state index contributed by atoms with van der Waals surface area (Å²) in [6.07, 6.45) is -4.38. The summed E-state index contributed by atoms with van der Waals surface area (Å²) in [6.45, 7) is 0.254. The lowest BCUT2D eigenvalue weighted by Crippen LogP contribution is -2.06. The fraction of sp³-hybridized carbons (Fsp3) is 0.143. The number of phenolic OH excluding ortho intramolecular Hbond substituents is 1. The minimum atomic E-state index is -4.38. The average Bonchev–Trinajstić information content (AvgIpc) is 2.67. The third kappa shape index (κ3) is 5.33. The maximum Gasteiger partial charge on any atom is 0.416 e. The molecule has 0 saturated carbocycles. The van der Waals surface area contributed by atoms with Crippen molar-refractivity contribution in [1.82, 2.24) is 0 Å². The Bertz CT molecular complexity index is 958. The smallest absolute Gasteiger partial charge is 0.416 e. The molecule has 0 aromatic heterocycles. The van der Waals surface area contributed by atoms with Crippen molar-refractivity contribution >= 4 is 11.6 Å². The summed E-state index contributed by atoms with van der Waals surface area (Å²) in [6, 6.07) is 16.6. The van der Waals surface area contributed by atoms with Gasteiger partial charge in [0.05, 0.1) is 10.6 Å². The number of ether oxygens (including phenoxy) is 2. The fourth-order valence-corrected chi connectivity index (χ4v) is 2.64. The predicted octanol–water partition coefficient (Wildman–Crippen LogP) is 6.22. The molecule has 0 aliphatic rings. The molecule has 3 aromatic carbocycles. The van der Waals surface area contributed by atoms with E-state index in [1.807, 2.05) is 6.07 Å². The molecule has 3 nitrogen and oxygen atoms in total. The third-order valence-electron chi connectivity index (χ3n) is 3.88. The van der Waals surface area contributed by atoms with E-state index in [0.717, 1.165) is 17.7 Å². The van der Waals surface area contributed by atoms with Crippen LogP contribution in [-0.2, 0) is 19.4 Å². The zero-order valence-electron chi connectivity index (χ0n) is 14.5. The van der Waals surface area contributed by atoms with Crippen molar-refractivity contribution in [2.24, 2.45) is 0 Å². The summed E-state index contributed by atoms with van der Waals surface area (Å²) >= 11 is 5.84. The molecule has 146 valence electrons. The number of alkyl halides is 3. The maximum atomic E-state index is 12.8. The first-order valence-corrected chi connectivity index (χ1v) is 8.68. The van der Waals surface area contributed by atoms with E-state index in [1.54, 1.807) is 30.3 Å². The quantitative estimate of drug-likeness (QED) is 0.526. The van der Waals surface area contributed by atoms with Gasteiger partial charge in [0.25, 0.3) is 0 Å². The second-order valence-corrected chi connectivity index (χ2v) is 6.44. The van der Waals surface area contributed by atoms with Gasteiger partial charge in [0.15, 0.2) is 0 Å². The van der Waals surface area contributed by atoms with Crippen LogP contribution in [0.5, 0.6) is 17.2 Å². The van der Waals surface area contributed by atoms with Crippen LogP contribution in [0.4, 0.5) is 13.2 Å². The third-order valence-corrected chi connectivity index (χ3v) is 4.19. The Morgan fingerprint density at radius 3 is 2.04 bits per heavy atom. The van der Waals surface area contributed by atoms with Crippen molar-refractivity contribution in [3.05, 3.63) is 88.4 Å². The summed E-state index contributed by atoms with van der Waals surface area (Å²) in [5.41, 5.74) is 0.532. The number of benzene rings is 3. The Morgan fingerprint density at radius 2 is 1.39 bits per heavy atom. The molecule has 0 radical (unpaired) electrons. The van der Waals surface area contributed by atoms with Gasteiger partial charge in [-0.3, -0.25) is 0 Å². The fourth-order valence-electron chi connectivity index (χ4n) is 2.47. The molecule has 3 aromatic rings. The van der Waals surface area contributed by atoms with Gasteiger partial charge in [0.1, 0.15) is 30.5 Å². The van der Waals surface area contributed by atoms with Crippen LogP contribution in [0.15, 0.2) is 66.7 Å². The first kappa shape index (κ1) is 19.9. The highest BCUT2D eigenvalue weighted by Crippen LogP contribution is 2.30. The van der Waals surface area contributed by atoms with Crippen molar-refractivity contribution in [2.75, 3.05) is 0 Å². The lowest BCUT2D eigenvalue weighted by molar-refractivity contribution is -0.137. The van der Waals surface area contributed by atoms with Gasteiger partial charge in [-0.15, -0.1) is 0 Å². The van der Waals surface area contributed by atoms with E-state index in [2.05, 4.69) is 0 Å². The zero-order valence-corrected chi connectivity index (χ0v) is 15.3. The second kappa shape index (κ2) is 8.44. The first-order chi connectivity index (χ1) is 13.3. The van der Waals surface area contributed by atoms with Gasteiger partial charge in [-0.05, 0) is 47.5 Å². The van der Waals surface area contributed by atoms with Gasteiger partial charge < -0.3 is 14.6 Å². The summed E-state index contributed by atoms with van der Waals surface area (Å²) in [5, 5.41) is 9.60. The van der Waals surface area contributed by atoms with Crippen LogP contribution in [0.2, 0.25) is 5.02 Å². The van der Waals surface area contributed by atoms with Crippen molar-refractivity contribution in [3.8, 4) is 17.2 Å². The Morgan fingerprint density at radius 1 is 0.786 bits per heavy atom. The molecule has 0 aliphatic carbocycles. The molecule has 0 unspecified atom stereocenters. The molecule has 7 heteroatoms. The molecule has 28 heavy (non-hydrogen) atoms. The summed E-state index contributed by atoms with van der Waals surface area (Å²) in [5.74, 6) is 0.986. The summed E-state index contributed by atoms with van der Waals surface area (Å²) in [7, 11) is 0. The van der Waals surface area contributed by atoms with Crippen LogP contribution in [0.1, 0.15) is 16.7 Å². The van der Waals surface area contributed by atoms with Crippen LogP contribution < -0.4 is 9.47 Å². The Hall–Kier alpha value is -2.86. The molecule has 1 N–H and O–H groups in total. The van der Waals surface area contributed by atoms with Gasteiger partial charge in [0, 0.05) is 6.07 Å². The highest BCUT2D eigenvalue weighted by atomic mass is 35.5. The molecule has 0 fully saturated rings. The monoisotopic (exact) mass is 408 g/mol. The highest BCUT2D eigenvalue weighted by Gasteiger charge is 2.30. The van der Waals surface area contributed by atoms with Gasteiger partial charge >= 0.3 is 6.18 Å². The van der Waals surface area contributed by atoms with Crippen molar-refractivity contribution in [3.63, 3.8) is 0 Å². The van der Waals surface area contributed by atoms with E-state index in [4.69, 9.17) is 21.1 Å². The maximum absolute atomic E-state index is 12.8. The molecule has 0 amide bonds. The predicted molar refractivity (Wildman–Crippen MR) is 99.7 cm³/mol. The standard InChI is InChI=1S/C21H16ClF3O3/c22-19-11-18(7-8-20(19)26)28-13-15-4-2-6-17(10-15)27-12-14-3-1-5-16(9-14)21(23,24)25/h1-11,26H,12-13H2. The summed E-state index contributed by atoms with van der Waals surface area (Å²) in [4.78, 5) is 0. The highest BCUT2D eigenvalue weighted by molar-refractivity contribution is 6.32. The van der Waals surface area contributed by atoms with Gasteiger partial charge in [0.2, 0.25) is 0 Å². The van der Waals surface area contributed by atoms with E-state index in [1.165, 1.54) is 18.2 Å². The molecular weight excluding hydrogens is 393 g/mol. The van der Waals surface area contributed by atoms with E-state index < -0.39 is 11.7 Å². The average molecular weight is 409 g/mol. The number of hydrogen-bond donors (Lipinski definition) is 1. The molecule has 3 rings (SSSR count). The Balaban J connectivity index is 1.61. The molecule has 0 atom stereocenters. The Kier molecular flexibility index (Phi) is 5.99. The van der Waals surface area contributed by atoms with Crippen molar-refractivity contribution in [2.45, 2.75) is 19.4 Å². The summed E-state index contributed by atoms with van der Waals surface area (Å²) < 4.78 is 49.6. The second-order valence-electron chi connectivity index (χ2n) is 6.04. The largest absolute Gasteiger partial charge is 0.506 e. The number of phenols is 1. The van der Waals surface area contributed by atoms with Crippen LogP contribution in [-0.4, -0.2) is 5.11 Å².